The van der Waals surface area contributed by atoms with Crippen LogP contribution < -0.4 is 5.32 Å². The predicted molar refractivity (Wildman–Crippen MR) is 95.4 cm³/mol. The van der Waals surface area contributed by atoms with E-state index in [1.807, 2.05) is 12.1 Å². The standard InChI is InChI=1S/C18H18BrN3O3/c19-12-2-1-3-13(8-12)20-9-14-16(23)21-18(25)22(17(14)24)15-7-10-4-5-11(15)6-10/h1-3,8-11,14-15H,4-7H2,(H,21,23,25)/t10-,11-,14-,15-/m0/s1. The third-order valence-corrected chi connectivity index (χ3v) is 5.94. The van der Waals surface area contributed by atoms with Crippen LogP contribution in [0.1, 0.15) is 25.7 Å². The second-order valence-electron chi connectivity index (χ2n) is 6.98. The molecule has 4 rings (SSSR count). The lowest BCUT2D eigenvalue weighted by molar-refractivity contribution is -0.141. The zero-order chi connectivity index (χ0) is 17.6. The highest BCUT2D eigenvalue weighted by Crippen LogP contribution is 2.47. The SMILES string of the molecule is O=C1NC(=O)N([C@H]2C[C@H]3CC[C@H]2C3)C(=O)[C@H]1C=Nc1cccc(Br)c1. The second-order valence-corrected chi connectivity index (χ2v) is 7.90. The molecule has 1 N–H and O–H groups in total. The van der Waals surface area contributed by atoms with E-state index in [4.69, 9.17) is 0 Å². The Morgan fingerprint density at radius 3 is 2.72 bits per heavy atom. The summed E-state index contributed by atoms with van der Waals surface area (Å²) in [5.74, 6) is -1.15. The molecule has 1 saturated heterocycles. The number of barbiturate groups is 1. The summed E-state index contributed by atoms with van der Waals surface area (Å²) in [6.45, 7) is 0. The number of nitrogens with zero attached hydrogens (tertiary/aromatic N) is 2. The normalized spacial score (nSPS) is 31.9. The van der Waals surface area contributed by atoms with Crippen molar-refractivity contribution in [3.05, 3.63) is 28.7 Å². The molecule has 6 nitrogen and oxygen atoms in total. The van der Waals surface area contributed by atoms with E-state index in [1.165, 1.54) is 17.5 Å². The van der Waals surface area contributed by atoms with Crippen LogP contribution in [0.2, 0.25) is 0 Å². The molecular formula is C18H18BrN3O3. The number of amides is 4. The van der Waals surface area contributed by atoms with E-state index in [9.17, 15) is 14.4 Å². The molecule has 1 aliphatic heterocycles. The molecule has 2 aliphatic carbocycles. The number of imide groups is 2. The highest BCUT2D eigenvalue weighted by molar-refractivity contribution is 9.10. The van der Waals surface area contributed by atoms with E-state index in [2.05, 4.69) is 26.2 Å². The summed E-state index contributed by atoms with van der Waals surface area (Å²) in [5.41, 5.74) is 0.637. The van der Waals surface area contributed by atoms with Crippen molar-refractivity contribution in [3.63, 3.8) is 0 Å². The first-order valence-corrected chi connectivity index (χ1v) is 9.30. The first-order chi connectivity index (χ1) is 12.0. The Morgan fingerprint density at radius 2 is 2.04 bits per heavy atom. The maximum absolute atomic E-state index is 12.8. The molecular weight excluding hydrogens is 386 g/mol. The van der Waals surface area contributed by atoms with Crippen LogP contribution in [0.5, 0.6) is 0 Å². The first-order valence-electron chi connectivity index (χ1n) is 8.50. The van der Waals surface area contributed by atoms with E-state index in [0.717, 1.165) is 23.7 Å². The molecule has 0 radical (unpaired) electrons. The predicted octanol–water partition coefficient (Wildman–Crippen LogP) is 3.03. The Balaban J connectivity index is 1.56. The summed E-state index contributed by atoms with van der Waals surface area (Å²) in [7, 11) is 0. The van der Waals surface area contributed by atoms with Crippen molar-refractivity contribution in [1.29, 1.82) is 0 Å². The molecule has 130 valence electrons. The number of urea groups is 1. The summed E-state index contributed by atoms with van der Waals surface area (Å²) >= 11 is 3.36. The van der Waals surface area contributed by atoms with Crippen LogP contribution in [0.25, 0.3) is 0 Å². The summed E-state index contributed by atoms with van der Waals surface area (Å²) in [5, 5.41) is 2.32. The van der Waals surface area contributed by atoms with E-state index < -0.39 is 23.8 Å². The monoisotopic (exact) mass is 403 g/mol. The summed E-state index contributed by atoms with van der Waals surface area (Å²) < 4.78 is 0.861. The fourth-order valence-electron chi connectivity index (χ4n) is 4.30. The highest BCUT2D eigenvalue weighted by atomic mass is 79.9. The number of halogens is 1. The molecule has 1 heterocycles. The molecule has 25 heavy (non-hydrogen) atoms. The fourth-order valence-corrected chi connectivity index (χ4v) is 4.68. The number of carbonyl (C=O) groups excluding carboxylic acids is 3. The van der Waals surface area contributed by atoms with E-state index in [0.29, 0.717) is 17.5 Å². The maximum Gasteiger partial charge on any atom is 0.331 e. The molecule has 2 bridgehead atoms. The molecule has 1 aromatic carbocycles. The lowest BCUT2D eigenvalue weighted by atomic mass is 9.92. The minimum absolute atomic E-state index is 0.0823. The van der Waals surface area contributed by atoms with Crippen LogP contribution in [0.3, 0.4) is 0 Å². The number of fused-ring (bicyclic) bond motifs is 2. The molecule has 0 aromatic heterocycles. The van der Waals surface area contributed by atoms with Gasteiger partial charge in [-0.1, -0.05) is 28.4 Å². The lowest BCUT2D eigenvalue weighted by Gasteiger charge is -2.36. The van der Waals surface area contributed by atoms with Crippen molar-refractivity contribution in [3.8, 4) is 0 Å². The van der Waals surface area contributed by atoms with Gasteiger partial charge in [-0.05, 0) is 49.3 Å². The summed E-state index contributed by atoms with van der Waals surface area (Å²) in [6.07, 6.45) is 5.50. The number of aliphatic imine (C=N–C) groups is 1. The van der Waals surface area contributed by atoms with Gasteiger partial charge in [-0.25, -0.2) is 4.79 Å². The number of rotatable bonds is 3. The van der Waals surface area contributed by atoms with Gasteiger partial charge in [-0.15, -0.1) is 0 Å². The molecule has 0 spiro atoms. The lowest BCUT2D eigenvalue weighted by Crippen LogP contribution is -2.62. The summed E-state index contributed by atoms with van der Waals surface area (Å²) in [6, 6.07) is 6.60. The Labute approximate surface area is 153 Å². The number of hydrogen-bond donors (Lipinski definition) is 1. The fraction of sp³-hybridized carbons (Fsp3) is 0.444. The maximum atomic E-state index is 12.8. The van der Waals surface area contributed by atoms with Gasteiger partial charge in [-0.3, -0.25) is 24.8 Å². The van der Waals surface area contributed by atoms with Crippen molar-refractivity contribution in [1.82, 2.24) is 10.2 Å². The Morgan fingerprint density at radius 1 is 1.20 bits per heavy atom. The Kier molecular flexibility index (Phi) is 4.19. The zero-order valence-corrected chi connectivity index (χ0v) is 15.1. The minimum Gasteiger partial charge on any atom is -0.277 e. The quantitative estimate of drug-likeness (QED) is 0.622. The molecule has 4 atom stereocenters. The van der Waals surface area contributed by atoms with Gasteiger partial charge in [0.05, 0.1) is 5.69 Å². The van der Waals surface area contributed by atoms with Crippen LogP contribution in [0, 0.1) is 17.8 Å². The van der Waals surface area contributed by atoms with Gasteiger partial charge >= 0.3 is 6.03 Å². The van der Waals surface area contributed by atoms with Gasteiger partial charge in [0.2, 0.25) is 11.8 Å². The van der Waals surface area contributed by atoms with E-state index in [1.54, 1.807) is 12.1 Å². The average molecular weight is 404 g/mol. The van der Waals surface area contributed by atoms with Crippen LogP contribution in [-0.4, -0.2) is 35.0 Å². The molecule has 1 aromatic rings. The molecule has 0 unspecified atom stereocenters. The minimum atomic E-state index is -1.06. The van der Waals surface area contributed by atoms with Gasteiger partial charge < -0.3 is 0 Å². The number of hydrogen-bond acceptors (Lipinski definition) is 4. The highest BCUT2D eigenvalue weighted by Gasteiger charge is 2.50. The summed E-state index contributed by atoms with van der Waals surface area (Å²) in [4.78, 5) is 42.8. The number of nitrogens with one attached hydrogen (secondary N) is 1. The van der Waals surface area contributed by atoms with Crippen LogP contribution in [-0.2, 0) is 9.59 Å². The van der Waals surface area contributed by atoms with Crippen LogP contribution >= 0.6 is 15.9 Å². The van der Waals surface area contributed by atoms with Gasteiger partial charge in [0.15, 0.2) is 5.92 Å². The Hall–Kier alpha value is -2.02. The average Bonchev–Trinajstić information content (AvgIpc) is 3.17. The topological polar surface area (TPSA) is 78.8 Å². The van der Waals surface area contributed by atoms with Crippen molar-refractivity contribution in [2.75, 3.05) is 0 Å². The van der Waals surface area contributed by atoms with E-state index in [-0.39, 0.29) is 6.04 Å². The molecule has 4 amide bonds. The first kappa shape index (κ1) is 16.4. The molecule has 3 aliphatic rings. The van der Waals surface area contributed by atoms with Gasteiger partial charge in [-0.2, -0.15) is 0 Å². The third-order valence-electron chi connectivity index (χ3n) is 5.45. The van der Waals surface area contributed by atoms with Gasteiger partial charge in [0.1, 0.15) is 0 Å². The van der Waals surface area contributed by atoms with Crippen molar-refractivity contribution in [2.45, 2.75) is 31.7 Å². The van der Waals surface area contributed by atoms with E-state index >= 15 is 0 Å². The smallest absolute Gasteiger partial charge is 0.277 e. The molecule has 7 heteroatoms. The number of benzene rings is 1. The zero-order valence-electron chi connectivity index (χ0n) is 13.5. The van der Waals surface area contributed by atoms with Crippen molar-refractivity contribution < 1.29 is 14.4 Å². The van der Waals surface area contributed by atoms with Crippen LogP contribution in [0.15, 0.2) is 33.7 Å². The molecule has 2 saturated carbocycles. The van der Waals surface area contributed by atoms with Gasteiger partial charge in [0, 0.05) is 16.7 Å². The number of carbonyl (C=O) groups is 3. The Bertz CT molecular complexity index is 779. The molecule has 3 fully saturated rings. The second kappa shape index (κ2) is 6.37. The van der Waals surface area contributed by atoms with Crippen molar-refractivity contribution >= 4 is 45.7 Å². The third kappa shape index (κ3) is 3.01. The van der Waals surface area contributed by atoms with Gasteiger partial charge in [0.25, 0.3) is 0 Å². The van der Waals surface area contributed by atoms with Crippen LogP contribution in [0.4, 0.5) is 10.5 Å². The van der Waals surface area contributed by atoms with Crippen molar-refractivity contribution in [2.24, 2.45) is 22.7 Å². The largest absolute Gasteiger partial charge is 0.331 e.